The zero-order valence-corrected chi connectivity index (χ0v) is 16.4. The van der Waals surface area contributed by atoms with Gasteiger partial charge in [0.1, 0.15) is 6.04 Å². The first-order valence-electron chi connectivity index (χ1n) is 10.2. The zero-order valence-electron chi connectivity index (χ0n) is 16.4. The van der Waals surface area contributed by atoms with E-state index in [1.165, 1.54) is 12.1 Å². The summed E-state index contributed by atoms with van der Waals surface area (Å²) in [4.78, 5) is 27.2. The van der Waals surface area contributed by atoms with Crippen molar-refractivity contribution < 1.29 is 22.8 Å². The predicted molar refractivity (Wildman–Crippen MR) is 105 cm³/mol. The lowest BCUT2D eigenvalue weighted by Crippen LogP contribution is -2.46. The lowest BCUT2D eigenvalue weighted by molar-refractivity contribution is -0.142. The molecule has 30 heavy (non-hydrogen) atoms. The third-order valence-corrected chi connectivity index (χ3v) is 5.82. The Morgan fingerprint density at radius 1 is 1.03 bits per heavy atom. The summed E-state index contributed by atoms with van der Waals surface area (Å²) in [7, 11) is 0. The SMILES string of the molecule is O=C(NC1CC1c1ccccc1C(F)(F)F)C(c1ccccc1)N1CCCCC1=O. The van der Waals surface area contributed by atoms with Gasteiger partial charge in [-0.3, -0.25) is 9.59 Å². The predicted octanol–water partition coefficient (Wildman–Crippen LogP) is 4.43. The highest BCUT2D eigenvalue weighted by molar-refractivity contribution is 5.89. The normalized spacial score (nSPS) is 22.5. The van der Waals surface area contributed by atoms with Crippen molar-refractivity contribution in [2.24, 2.45) is 0 Å². The van der Waals surface area contributed by atoms with Crippen LogP contribution in [0.3, 0.4) is 0 Å². The van der Waals surface area contributed by atoms with Gasteiger partial charge in [0, 0.05) is 24.9 Å². The standard InChI is InChI=1S/C23H23F3N2O2/c24-23(25,26)18-11-5-4-10-16(18)17-14-19(17)27-22(30)21(15-8-2-1-3-9-15)28-13-7-6-12-20(28)29/h1-5,8-11,17,19,21H,6-7,12-14H2,(H,27,30). The van der Waals surface area contributed by atoms with Crippen LogP contribution in [0.2, 0.25) is 0 Å². The van der Waals surface area contributed by atoms with Gasteiger partial charge in [0.25, 0.3) is 0 Å². The average Bonchev–Trinajstić information content (AvgIpc) is 3.49. The number of amides is 2. The highest BCUT2D eigenvalue weighted by Crippen LogP contribution is 2.46. The van der Waals surface area contributed by atoms with Crippen LogP contribution >= 0.6 is 0 Å². The minimum atomic E-state index is -4.43. The maximum Gasteiger partial charge on any atom is 0.416 e. The fourth-order valence-electron chi connectivity index (χ4n) is 4.25. The Bertz CT molecular complexity index is 930. The molecule has 1 aliphatic carbocycles. The molecule has 1 aliphatic heterocycles. The molecule has 4 nitrogen and oxygen atoms in total. The first kappa shape index (κ1) is 20.4. The molecule has 7 heteroatoms. The molecule has 0 aromatic heterocycles. The summed E-state index contributed by atoms with van der Waals surface area (Å²) in [6, 6.07) is 13.4. The molecule has 2 aromatic carbocycles. The highest BCUT2D eigenvalue weighted by atomic mass is 19.4. The number of rotatable bonds is 5. The van der Waals surface area contributed by atoms with Crippen LogP contribution in [-0.4, -0.2) is 29.3 Å². The summed E-state index contributed by atoms with van der Waals surface area (Å²) in [5.74, 6) is -0.784. The highest BCUT2D eigenvalue weighted by Gasteiger charge is 2.46. The minimum absolute atomic E-state index is 0.0694. The molecule has 2 aliphatic rings. The molecule has 4 rings (SSSR count). The average molecular weight is 416 g/mol. The van der Waals surface area contributed by atoms with Crippen molar-refractivity contribution in [3.8, 4) is 0 Å². The first-order valence-corrected chi connectivity index (χ1v) is 10.2. The number of piperidine rings is 1. The van der Waals surface area contributed by atoms with Gasteiger partial charge in [-0.2, -0.15) is 13.2 Å². The number of nitrogens with one attached hydrogen (secondary N) is 1. The van der Waals surface area contributed by atoms with Crippen molar-refractivity contribution in [2.75, 3.05) is 6.54 Å². The summed E-state index contributed by atoms with van der Waals surface area (Å²) >= 11 is 0. The number of hydrogen-bond acceptors (Lipinski definition) is 2. The summed E-state index contributed by atoms with van der Waals surface area (Å²) in [5, 5.41) is 2.90. The number of halogens is 3. The van der Waals surface area contributed by atoms with E-state index in [2.05, 4.69) is 5.32 Å². The van der Waals surface area contributed by atoms with E-state index in [1.807, 2.05) is 18.2 Å². The van der Waals surface area contributed by atoms with Crippen LogP contribution in [0.5, 0.6) is 0 Å². The first-order chi connectivity index (χ1) is 14.4. The van der Waals surface area contributed by atoms with Crippen LogP contribution in [0.1, 0.15) is 54.3 Å². The van der Waals surface area contributed by atoms with Gasteiger partial charge in [0.05, 0.1) is 5.56 Å². The van der Waals surface area contributed by atoms with E-state index < -0.39 is 17.8 Å². The molecule has 2 fully saturated rings. The molecule has 0 spiro atoms. The largest absolute Gasteiger partial charge is 0.416 e. The van der Waals surface area contributed by atoms with Gasteiger partial charge in [0.15, 0.2) is 0 Å². The van der Waals surface area contributed by atoms with Gasteiger partial charge in [-0.25, -0.2) is 0 Å². The molecule has 3 atom stereocenters. The van der Waals surface area contributed by atoms with Crippen LogP contribution in [0.4, 0.5) is 13.2 Å². The monoisotopic (exact) mass is 416 g/mol. The zero-order chi connectivity index (χ0) is 21.3. The number of carbonyl (C=O) groups excluding carboxylic acids is 2. The number of alkyl halides is 3. The van der Waals surface area contributed by atoms with Crippen LogP contribution in [-0.2, 0) is 15.8 Å². The summed E-state index contributed by atoms with van der Waals surface area (Å²) in [6.45, 7) is 0.497. The van der Waals surface area contributed by atoms with Gasteiger partial charge in [0.2, 0.25) is 11.8 Å². The van der Waals surface area contributed by atoms with E-state index in [0.717, 1.165) is 18.9 Å². The number of hydrogen-bond donors (Lipinski definition) is 1. The Kier molecular flexibility index (Phi) is 5.54. The fraction of sp³-hybridized carbons (Fsp3) is 0.391. The molecule has 1 heterocycles. The van der Waals surface area contributed by atoms with E-state index in [-0.39, 0.29) is 29.3 Å². The van der Waals surface area contributed by atoms with E-state index in [0.29, 0.717) is 24.9 Å². The lowest BCUT2D eigenvalue weighted by atomic mass is 10.00. The van der Waals surface area contributed by atoms with Gasteiger partial charge >= 0.3 is 6.18 Å². The molecular weight excluding hydrogens is 393 g/mol. The topological polar surface area (TPSA) is 49.4 Å². The lowest BCUT2D eigenvalue weighted by Gasteiger charge is -2.34. The second-order valence-corrected chi connectivity index (χ2v) is 7.90. The maximum atomic E-state index is 13.3. The Hall–Kier alpha value is -2.83. The molecular formula is C23H23F3N2O2. The molecule has 0 radical (unpaired) electrons. The van der Waals surface area contributed by atoms with Crippen LogP contribution in [0.15, 0.2) is 54.6 Å². The van der Waals surface area contributed by atoms with Gasteiger partial charge in [-0.05, 0) is 36.5 Å². The summed E-state index contributed by atoms with van der Waals surface area (Å²) in [6.07, 6.45) is -1.94. The van der Waals surface area contributed by atoms with Crippen LogP contribution in [0.25, 0.3) is 0 Å². The fourth-order valence-corrected chi connectivity index (χ4v) is 4.25. The molecule has 0 bridgehead atoms. The Morgan fingerprint density at radius 2 is 1.73 bits per heavy atom. The van der Waals surface area contributed by atoms with E-state index in [1.54, 1.807) is 23.1 Å². The molecule has 2 aromatic rings. The second kappa shape index (κ2) is 8.13. The molecule has 3 unspecified atom stereocenters. The van der Waals surface area contributed by atoms with E-state index in [9.17, 15) is 22.8 Å². The van der Waals surface area contributed by atoms with Crippen molar-refractivity contribution in [3.63, 3.8) is 0 Å². The maximum absolute atomic E-state index is 13.3. The van der Waals surface area contributed by atoms with E-state index in [4.69, 9.17) is 0 Å². The number of nitrogens with zero attached hydrogens (tertiary/aromatic N) is 1. The van der Waals surface area contributed by atoms with Crippen LogP contribution < -0.4 is 5.32 Å². The third kappa shape index (κ3) is 4.20. The number of carbonyl (C=O) groups is 2. The van der Waals surface area contributed by atoms with Crippen molar-refractivity contribution in [3.05, 3.63) is 71.3 Å². The second-order valence-electron chi connectivity index (χ2n) is 7.90. The van der Waals surface area contributed by atoms with Gasteiger partial charge in [-0.15, -0.1) is 0 Å². The van der Waals surface area contributed by atoms with Gasteiger partial charge in [-0.1, -0.05) is 48.5 Å². The quantitative estimate of drug-likeness (QED) is 0.784. The van der Waals surface area contributed by atoms with Crippen molar-refractivity contribution >= 4 is 11.8 Å². The van der Waals surface area contributed by atoms with Gasteiger partial charge < -0.3 is 10.2 Å². The van der Waals surface area contributed by atoms with Crippen molar-refractivity contribution in [2.45, 2.75) is 49.9 Å². The molecule has 1 saturated heterocycles. The van der Waals surface area contributed by atoms with Crippen molar-refractivity contribution in [1.29, 1.82) is 0 Å². The smallest absolute Gasteiger partial charge is 0.351 e. The number of likely N-dealkylation sites (tertiary alicyclic amines) is 1. The molecule has 1 saturated carbocycles. The summed E-state index contributed by atoms with van der Waals surface area (Å²) in [5.41, 5.74) is 0.260. The van der Waals surface area contributed by atoms with Crippen LogP contribution in [0, 0.1) is 0 Å². The van der Waals surface area contributed by atoms with E-state index >= 15 is 0 Å². The molecule has 2 amide bonds. The summed E-state index contributed by atoms with van der Waals surface area (Å²) < 4.78 is 40.0. The minimum Gasteiger partial charge on any atom is -0.351 e. The molecule has 158 valence electrons. The number of benzene rings is 2. The molecule has 1 N–H and O–H groups in total. The third-order valence-electron chi connectivity index (χ3n) is 5.82. The Balaban J connectivity index is 1.53. The Labute approximate surface area is 173 Å². The Morgan fingerprint density at radius 3 is 2.43 bits per heavy atom. The van der Waals surface area contributed by atoms with Crippen molar-refractivity contribution in [1.82, 2.24) is 10.2 Å².